The fourth-order valence-electron chi connectivity index (χ4n) is 3.26. The highest BCUT2D eigenvalue weighted by molar-refractivity contribution is 14.0. The molecule has 1 aromatic heterocycles. The van der Waals surface area contributed by atoms with Gasteiger partial charge in [0.05, 0.1) is 12.3 Å². The van der Waals surface area contributed by atoms with Gasteiger partial charge in [0.25, 0.3) is 0 Å². The van der Waals surface area contributed by atoms with Crippen LogP contribution in [-0.4, -0.2) is 61.3 Å². The molecule has 0 spiro atoms. The highest BCUT2D eigenvalue weighted by Gasteiger charge is 2.24. The van der Waals surface area contributed by atoms with E-state index in [0.29, 0.717) is 44.5 Å². The van der Waals surface area contributed by atoms with Crippen LogP contribution in [0.25, 0.3) is 11.5 Å². The van der Waals surface area contributed by atoms with Crippen LogP contribution in [0.1, 0.15) is 25.5 Å². The second-order valence-corrected chi connectivity index (χ2v) is 7.00. The molecule has 31 heavy (non-hydrogen) atoms. The fraction of sp³-hybridized carbons (Fsp3) is 0.476. The molecule has 0 unspecified atom stereocenters. The number of nitrogens with zero attached hydrogens (tertiary/aromatic N) is 3. The maximum absolute atomic E-state index is 13.0. The summed E-state index contributed by atoms with van der Waals surface area (Å²) in [5.41, 5.74) is 1.54. The number of aromatic nitrogens is 1. The average Bonchev–Trinajstić information content (AvgIpc) is 3.23. The second-order valence-electron chi connectivity index (χ2n) is 7.00. The van der Waals surface area contributed by atoms with Gasteiger partial charge in [0.1, 0.15) is 12.1 Å². The smallest absolute Gasteiger partial charge is 0.409 e. The zero-order valence-corrected chi connectivity index (χ0v) is 20.1. The Hall–Kier alpha value is -2.37. The molecule has 2 aromatic rings. The Balaban J connectivity index is 0.00000341. The molecule has 8 nitrogen and oxygen atoms in total. The number of carbonyl (C=O) groups excluding carboxylic acids is 1. The molecule has 1 aliphatic heterocycles. The van der Waals surface area contributed by atoms with E-state index >= 15 is 0 Å². The van der Waals surface area contributed by atoms with E-state index in [0.717, 1.165) is 24.1 Å². The van der Waals surface area contributed by atoms with Crippen molar-refractivity contribution in [1.29, 1.82) is 0 Å². The summed E-state index contributed by atoms with van der Waals surface area (Å²) in [4.78, 5) is 22.2. The minimum atomic E-state index is -0.292. The summed E-state index contributed by atoms with van der Waals surface area (Å²) in [6.07, 6.45) is 3.70. The molecule has 3 rings (SSSR count). The number of amides is 1. The molecule has 1 aliphatic rings. The molecule has 2 heterocycles. The third kappa shape index (κ3) is 7.37. The standard InChI is InChI=1S/C21H28FN5O3.HI/c1-3-29-21(28)27-12-9-17(10-13-27)26-20(23-2)24-11-8-18-14-30-19(25-18)15-4-6-16(22)7-5-15;/h4-7,14,17H,3,8-13H2,1-2H3,(H2,23,24,26);1H. The minimum absolute atomic E-state index is 0. The maximum atomic E-state index is 13.0. The average molecular weight is 545 g/mol. The maximum Gasteiger partial charge on any atom is 0.409 e. The van der Waals surface area contributed by atoms with Gasteiger partial charge in [-0.15, -0.1) is 24.0 Å². The Morgan fingerprint density at radius 3 is 2.68 bits per heavy atom. The van der Waals surface area contributed by atoms with Crippen molar-refractivity contribution in [3.63, 3.8) is 0 Å². The number of hydrogen-bond donors (Lipinski definition) is 2. The molecule has 1 amide bonds. The number of carbonyl (C=O) groups is 1. The lowest BCUT2D eigenvalue weighted by Crippen LogP contribution is -2.50. The fourth-order valence-corrected chi connectivity index (χ4v) is 3.26. The molecular formula is C21H29FIN5O3. The molecule has 0 radical (unpaired) electrons. The van der Waals surface area contributed by atoms with Crippen molar-refractivity contribution in [1.82, 2.24) is 20.5 Å². The summed E-state index contributed by atoms with van der Waals surface area (Å²) in [6.45, 7) is 4.17. The summed E-state index contributed by atoms with van der Waals surface area (Å²) in [6, 6.07) is 6.30. The Labute approximate surface area is 198 Å². The van der Waals surface area contributed by atoms with Crippen LogP contribution in [0.3, 0.4) is 0 Å². The zero-order chi connectivity index (χ0) is 21.3. The molecule has 0 bridgehead atoms. The van der Waals surface area contributed by atoms with Gasteiger partial charge in [0, 0.05) is 44.7 Å². The lowest BCUT2D eigenvalue weighted by atomic mass is 10.1. The highest BCUT2D eigenvalue weighted by Crippen LogP contribution is 2.19. The van der Waals surface area contributed by atoms with Crippen LogP contribution in [0.15, 0.2) is 39.9 Å². The first-order valence-corrected chi connectivity index (χ1v) is 10.2. The molecule has 0 atom stereocenters. The molecular weight excluding hydrogens is 516 g/mol. The number of oxazole rings is 1. The van der Waals surface area contributed by atoms with E-state index in [-0.39, 0.29) is 41.9 Å². The molecule has 1 saturated heterocycles. The lowest BCUT2D eigenvalue weighted by Gasteiger charge is -2.32. The number of benzene rings is 1. The van der Waals surface area contributed by atoms with Gasteiger partial charge in [-0.25, -0.2) is 14.2 Å². The normalized spacial score (nSPS) is 14.7. The first-order chi connectivity index (χ1) is 14.6. The molecule has 2 N–H and O–H groups in total. The van der Waals surface area contributed by atoms with Gasteiger partial charge < -0.3 is 24.7 Å². The van der Waals surface area contributed by atoms with E-state index in [9.17, 15) is 9.18 Å². The lowest BCUT2D eigenvalue weighted by molar-refractivity contribution is 0.0963. The van der Waals surface area contributed by atoms with Crippen molar-refractivity contribution < 1.29 is 18.3 Å². The SMILES string of the molecule is CCOC(=O)N1CCC(NC(=NC)NCCc2coc(-c3ccc(F)cc3)n2)CC1.I. The van der Waals surface area contributed by atoms with Crippen LogP contribution in [0.5, 0.6) is 0 Å². The topological polar surface area (TPSA) is 92.0 Å². The first-order valence-electron chi connectivity index (χ1n) is 10.2. The first kappa shape index (κ1) is 24.9. The minimum Gasteiger partial charge on any atom is -0.450 e. The predicted molar refractivity (Wildman–Crippen MR) is 127 cm³/mol. The number of halogens is 2. The molecule has 1 fully saturated rings. The number of guanidine groups is 1. The number of aliphatic imine (C=N–C) groups is 1. The number of piperidine rings is 1. The summed E-state index contributed by atoms with van der Waals surface area (Å²) in [5.74, 6) is 0.896. The van der Waals surface area contributed by atoms with Crippen LogP contribution in [-0.2, 0) is 11.2 Å². The summed E-state index contributed by atoms with van der Waals surface area (Å²) in [7, 11) is 1.73. The van der Waals surface area contributed by atoms with E-state index < -0.39 is 0 Å². The van der Waals surface area contributed by atoms with E-state index in [1.54, 1.807) is 30.3 Å². The number of rotatable bonds is 6. The third-order valence-electron chi connectivity index (χ3n) is 4.90. The van der Waals surface area contributed by atoms with Crippen molar-refractivity contribution in [3.05, 3.63) is 42.0 Å². The Morgan fingerprint density at radius 2 is 2.03 bits per heavy atom. The van der Waals surface area contributed by atoms with Gasteiger partial charge in [0.15, 0.2) is 5.96 Å². The van der Waals surface area contributed by atoms with Crippen molar-refractivity contribution in [2.45, 2.75) is 32.2 Å². The monoisotopic (exact) mass is 545 g/mol. The number of hydrogen-bond acceptors (Lipinski definition) is 5. The van der Waals surface area contributed by atoms with Gasteiger partial charge >= 0.3 is 6.09 Å². The molecule has 1 aromatic carbocycles. The van der Waals surface area contributed by atoms with Gasteiger partial charge in [-0.3, -0.25) is 4.99 Å². The second kappa shape index (κ2) is 12.5. The molecule has 0 aliphatic carbocycles. The Morgan fingerprint density at radius 1 is 1.32 bits per heavy atom. The van der Waals surface area contributed by atoms with E-state index in [1.165, 1.54) is 12.1 Å². The van der Waals surface area contributed by atoms with Gasteiger partial charge in [0.2, 0.25) is 5.89 Å². The number of likely N-dealkylation sites (tertiary alicyclic amines) is 1. The van der Waals surface area contributed by atoms with E-state index in [1.807, 2.05) is 6.92 Å². The summed E-state index contributed by atoms with van der Waals surface area (Å²) >= 11 is 0. The van der Waals surface area contributed by atoms with Crippen LogP contribution in [0.4, 0.5) is 9.18 Å². The third-order valence-corrected chi connectivity index (χ3v) is 4.90. The quantitative estimate of drug-likeness (QED) is 0.329. The Kier molecular flexibility index (Phi) is 10.0. The van der Waals surface area contributed by atoms with Crippen molar-refractivity contribution in [2.75, 3.05) is 33.3 Å². The molecule has 170 valence electrons. The molecule has 10 heteroatoms. The number of nitrogens with one attached hydrogen (secondary N) is 2. The van der Waals surface area contributed by atoms with Crippen LogP contribution >= 0.6 is 24.0 Å². The Bertz CT molecular complexity index is 851. The van der Waals surface area contributed by atoms with Gasteiger partial charge in [-0.2, -0.15) is 0 Å². The molecule has 0 saturated carbocycles. The number of ether oxygens (including phenoxy) is 1. The van der Waals surface area contributed by atoms with Crippen LogP contribution in [0.2, 0.25) is 0 Å². The summed E-state index contributed by atoms with van der Waals surface area (Å²) < 4.78 is 23.6. The largest absolute Gasteiger partial charge is 0.450 e. The zero-order valence-electron chi connectivity index (χ0n) is 17.8. The van der Waals surface area contributed by atoms with Crippen LogP contribution in [0, 0.1) is 5.82 Å². The van der Waals surface area contributed by atoms with E-state index in [4.69, 9.17) is 9.15 Å². The van der Waals surface area contributed by atoms with Crippen molar-refractivity contribution in [3.8, 4) is 11.5 Å². The van der Waals surface area contributed by atoms with Crippen molar-refractivity contribution >= 4 is 36.0 Å². The predicted octanol–water partition coefficient (Wildman–Crippen LogP) is 3.43. The van der Waals surface area contributed by atoms with Gasteiger partial charge in [-0.05, 0) is 44.0 Å². The van der Waals surface area contributed by atoms with Gasteiger partial charge in [-0.1, -0.05) is 0 Å². The van der Waals surface area contributed by atoms with Crippen LogP contribution < -0.4 is 10.6 Å². The van der Waals surface area contributed by atoms with E-state index in [2.05, 4.69) is 20.6 Å². The van der Waals surface area contributed by atoms with Crippen molar-refractivity contribution in [2.24, 2.45) is 4.99 Å². The highest BCUT2D eigenvalue weighted by atomic mass is 127. The summed E-state index contributed by atoms with van der Waals surface area (Å²) in [5, 5.41) is 6.68.